The highest BCUT2D eigenvalue weighted by Crippen LogP contribution is 2.16. The molecule has 0 unspecified atom stereocenters. The Labute approximate surface area is 122 Å². The summed E-state index contributed by atoms with van der Waals surface area (Å²) >= 11 is 1.61. The van der Waals surface area contributed by atoms with Crippen molar-refractivity contribution in [1.29, 1.82) is 0 Å². The van der Waals surface area contributed by atoms with Crippen LogP contribution < -0.4 is 5.32 Å². The van der Waals surface area contributed by atoms with Crippen LogP contribution in [0.2, 0.25) is 0 Å². The number of sulfonamides is 1. The van der Waals surface area contributed by atoms with Crippen LogP contribution in [-0.2, 0) is 16.6 Å². The lowest BCUT2D eigenvalue weighted by Crippen LogP contribution is -2.22. The number of hydrogen-bond donors (Lipinski definition) is 1. The van der Waals surface area contributed by atoms with Crippen LogP contribution in [0.15, 0.2) is 29.4 Å². The second-order valence-electron chi connectivity index (χ2n) is 4.37. The number of pyridine rings is 1. The van der Waals surface area contributed by atoms with Gasteiger partial charge in [0.1, 0.15) is 10.7 Å². The van der Waals surface area contributed by atoms with E-state index < -0.39 is 10.0 Å². The topological polar surface area (TPSA) is 75.2 Å². The zero-order chi connectivity index (χ0) is 14.8. The zero-order valence-electron chi connectivity index (χ0n) is 11.5. The van der Waals surface area contributed by atoms with Gasteiger partial charge in [0.2, 0.25) is 10.0 Å². The van der Waals surface area contributed by atoms with Gasteiger partial charge in [0.15, 0.2) is 0 Å². The average molecular weight is 312 g/mol. The predicted octanol–water partition coefficient (Wildman–Crippen LogP) is 1.71. The van der Waals surface area contributed by atoms with Crippen LogP contribution in [-0.4, -0.2) is 36.8 Å². The summed E-state index contributed by atoms with van der Waals surface area (Å²) < 4.78 is 24.9. The van der Waals surface area contributed by atoms with Crippen LogP contribution in [0.4, 0.5) is 5.82 Å². The number of rotatable bonds is 5. The quantitative estimate of drug-likeness (QED) is 0.909. The monoisotopic (exact) mass is 312 g/mol. The molecule has 2 rings (SSSR count). The van der Waals surface area contributed by atoms with Gasteiger partial charge in [0.05, 0.1) is 11.6 Å². The molecule has 8 heteroatoms. The molecule has 2 aromatic heterocycles. The summed E-state index contributed by atoms with van der Waals surface area (Å²) in [5.41, 5.74) is 0. The van der Waals surface area contributed by atoms with Crippen molar-refractivity contribution < 1.29 is 8.42 Å². The Balaban J connectivity index is 2.05. The largest absolute Gasteiger partial charge is 0.365 e. The van der Waals surface area contributed by atoms with Gasteiger partial charge in [-0.25, -0.2) is 22.7 Å². The minimum atomic E-state index is -3.42. The van der Waals surface area contributed by atoms with Crippen molar-refractivity contribution in [2.45, 2.75) is 18.4 Å². The van der Waals surface area contributed by atoms with Gasteiger partial charge < -0.3 is 5.32 Å². The van der Waals surface area contributed by atoms with Crippen molar-refractivity contribution in [3.8, 4) is 0 Å². The van der Waals surface area contributed by atoms with Gasteiger partial charge in [0, 0.05) is 31.4 Å². The third-order valence-corrected chi connectivity index (χ3v) is 5.34. The highest BCUT2D eigenvalue weighted by Gasteiger charge is 2.17. The molecule has 1 N–H and O–H groups in total. The first-order valence-corrected chi connectivity index (χ1v) is 8.19. The Hall–Kier alpha value is -1.51. The molecule has 0 atom stereocenters. The molecule has 20 heavy (non-hydrogen) atoms. The van der Waals surface area contributed by atoms with E-state index in [-0.39, 0.29) is 4.90 Å². The smallest absolute Gasteiger partial charge is 0.244 e. The normalized spacial score (nSPS) is 11.8. The zero-order valence-corrected chi connectivity index (χ0v) is 13.1. The van der Waals surface area contributed by atoms with Crippen molar-refractivity contribution in [3.05, 3.63) is 34.4 Å². The Morgan fingerprint density at radius 2 is 2.00 bits per heavy atom. The van der Waals surface area contributed by atoms with Gasteiger partial charge >= 0.3 is 0 Å². The first-order chi connectivity index (χ1) is 9.39. The van der Waals surface area contributed by atoms with Crippen LogP contribution in [0.5, 0.6) is 0 Å². The number of aryl methyl sites for hydroxylation is 1. The van der Waals surface area contributed by atoms with E-state index in [1.54, 1.807) is 23.5 Å². The lowest BCUT2D eigenvalue weighted by atomic mass is 10.4. The Morgan fingerprint density at radius 1 is 1.25 bits per heavy atom. The molecular weight excluding hydrogens is 296 g/mol. The predicted molar refractivity (Wildman–Crippen MR) is 79.3 cm³/mol. The molecule has 0 aromatic carbocycles. The van der Waals surface area contributed by atoms with E-state index in [9.17, 15) is 8.42 Å². The molecule has 6 nitrogen and oxygen atoms in total. The van der Waals surface area contributed by atoms with E-state index in [1.807, 2.05) is 13.1 Å². The molecule has 0 spiro atoms. The van der Waals surface area contributed by atoms with Gasteiger partial charge in [-0.2, -0.15) is 0 Å². The van der Waals surface area contributed by atoms with Gasteiger partial charge in [-0.1, -0.05) is 0 Å². The van der Waals surface area contributed by atoms with Gasteiger partial charge in [0.25, 0.3) is 0 Å². The average Bonchev–Trinajstić information content (AvgIpc) is 2.82. The third-order valence-electron chi connectivity index (χ3n) is 2.63. The van der Waals surface area contributed by atoms with Crippen molar-refractivity contribution in [3.63, 3.8) is 0 Å². The van der Waals surface area contributed by atoms with Gasteiger partial charge in [-0.05, 0) is 19.1 Å². The maximum absolute atomic E-state index is 11.9. The molecule has 2 heterocycles. The minimum absolute atomic E-state index is 0.182. The lowest BCUT2D eigenvalue weighted by molar-refractivity contribution is 0.520. The van der Waals surface area contributed by atoms with Crippen LogP contribution >= 0.6 is 11.3 Å². The number of hydrogen-bond acceptors (Lipinski definition) is 6. The fraction of sp³-hybridized carbons (Fsp3) is 0.333. The van der Waals surface area contributed by atoms with Gasteiger partial charge in [-0.3, -0.25) is 0 Å². The van der Waals surface area contributed by atoms with E-state index in [4.69, 9.17) is 0 Å². The van der Waals surface area contributed by atoms with Crippen molar-refractivity contribution in [1.82, 2.24) is 14.3 Å². The molecular formula is C12H16N4O2S2. The highest BCUT2D eigenvalue weighted by molar-refractivity contribution is 7.89. The molecule has 0 saturated heterocycles. The first-order valence-electron chi connectivity index (χ1n) is 5.93. The molecule has 0 fully saturated rings. The highest BCUT2D eigenvalue weighted by atomic mass is 32.2. The summed E-state index contributed by atoms with van der Waals surface area (Å²) in [5.74, 6) is 0.633. The Kier molecular flexibility index (Phi) is 4.36. The molecule has 2 aromatic rings. The first kappa shape index (κ1) is 14.9. The number of thiazole rings is 1. The maximum Gasteiger partial charge on any atom is 0.244 e. The summed E-state index contributed by atoms with van der Waals surface area (Å²) in [4.78, 5) is 9.57. The Bertz CT molecular complexity index is 678. The molecule has 0 aliphatic rings. The van der Waals surface area contributed by atoms with Crippen LogP contribution in [0.25, 0.3) is 0 Å². The van der Waals surface area contributed by atoms with Crippen molar-refractivity contribution in [2.75, 3.05) is 19.4 Å². The second kappa shape index (κ2) is 5.86. The molecule has 0 radical (unpaired) electrons. The SMILES string of the molecule is Cc1ncc(CNc2ccc(S(=O)(=O)N(C)C)cn2)s1. The summed E-state index contributed by atoms with van der Waals surface area (Å²) in [6, 6.07) is 3.20. The standard InChI is InChI=1S/C12H16N4O2S2/c1-9-13-6-10(19-9)7-14-12-5-4-11(8-15-12)20(17,18)16(2)3/h4-6,8H,7H2,1-3H3,(H,14,15). The van der Waals surface area contributed by atoms with Crippen LogP contribution in [0.1, 0.15) is 9.88 Å². The number of nitrogens with one attached hydrogen (secondary N) is 1. The second-order valence-corrected chi connectivity index (χ2v) is 7.84. The molecule has 108 valence electrons. The third kappa shape index (κ3) is 3.33. The Morgan fingerprint density at radius 3 is 2.50 bits per heavy atom. The summed E-state index contributed by atoms with van der Waals surface area (Å²) in [6.45, 7) is 2.58. The summed E-state index contributed by atoms with van der Waals surface area (Å²) in [7, 11) is -0.435. The fourth-order valence-corrected chi connectivity index (χ4v) is 3.10. The van der Waals surface area contributed by atoms with E-state index in [0.717, 1.165) is 14.2 Å². The van der Waals surface area contributed by atoms with Crippen molar-refractivity contribution >= 4 is 27.2 Å². The van der Waals surface area contributed by atoms with E-state index in [1.165, 1.54) is 20.3 Å². The molecule has 0 saturated carbocycles. The minimum Gasteiger partial charge on any atom is -0.365 e. The van der Waals surface area contributed by atoms with Crippen LogP contribution in [0.3, 0.4) is 0 Å². The molecule has 0 bridgehead atoms. The van der Waals surface area contributed by atoms with Gasteiger partial charge in [-0.15, -0.1) is 11.3 Å². The number of anilines is 1. The van der Waals surface area contributed by atoms with E-state index >= 15 is 0 Å². The fourth-order valence-electron chi connectivity index (χ4n) is 1.51. The van der Waals surface area contributed by atoms with Crippen molar-refractivity contribution in [2.24, 2.45) is 0 Å². The number of nitrogens with zero attached hydrogens (tertiary/aromatic N) is 3. The lowest BCUT2D eigenvalue weighted by Gasteiger charge is -2.11. The molecule has 0 amide bonds. The van der Waals surface area contributed by atoms with E-state index in [0.29, 0.717) is 12.4 Å². The number of aromatic nitrogens is 2. The molecule has 0 aliphatic carbocycles. The summed E-state index contributed by atoms with van der Waals surface area (Å²) in [6.07, 6.45) is 3.17. The van der Waals surface area contributed by atoms with Crippen LogP contribution in [0, 0.1) is 6.92 Å². The van der Waals surface area contributed by atoms with E-state index in [2.05, 4.69) is 15.3 Å². The molecule has 0 aliphatic heterocycles. The maximum atomic E-state index is 11.9. The summed E-state index contributed by atoms with van der Waals surface area (Å²) in [5, 5.41) is 4.15.